The van der Waals surface area contributed by atoms with Gasteiger partial charge in [-0.15, -0.1) is 0 Å². The maximum absolute atomic E-state index is 13.9. The number of aliphatic carboxylic acids is 1. The summed E-state index contributed by atoms with van der Waals surface area (Å²) in [6, 6.07) is 12.8. The van der Waals surface area contributed by atoms with Crippen molar-refractivity contribution < 1.29 is 23.8 Å². The van der Waals surface area contributed by atoms with Crippen LogP contribution >= 0.6 is 0 Å². The molecule has 0 aromatic heterocycles. The summed E-state index contributed by atoms with van der Waals surface area (Å²) < 4.78 is 18.8. The molecule has 2 aromatic carbocycles. The third-order valence-corrected chi connectivity index (χ3v) is 4.39. The van der Waals surface area contributed by atoms with E-state index in [4.69, 9.17) is 9.84 Å². The first kappa shape index (κ1) is 21.2. The molecule has 0 aliphatic carbocycles. The molecule has 0 fully saturated rings. The summed E-state index contributed by atoms with van der Waals surface area (Å²) >= 11 is 0. The number of carbonyl (C=O) groups is 2. The van der Waals surface area contributed by atoms with E-state index < -0.39 is 23.9 Å². The summed E-state index contributed by atoms with van der Waals surface area (Å²) in [4.78, 5) is 23.3. The first-order valence-corrected chi connectivity index (χ1v) is 9.05. The Morgan fingerprint density at radius 3 is 2.46 bits per heavy atom. The molecule has 6 nitrogen and oxygen atoms in total. The van der Waals surface area contributed by atoms with E-state index in [0.717, 1.165) is 5.56 Å². The van der Waals surface area contributed by atoms with E-state index >= 15 is 0 Å². The van der Waals surface area contributed by atoms with Gasteiger partial charge >= 0.3 is 12.0 Å². The topological polar surface area (TPSA) is 87.7 Å². The highest BCUT2D eigenvalue weighted by Crippen LogP contribution is 2.21. The predicted octanol–water partition coefficient (Wildman–Crippen LogP) is 3.67. The lowest BCUT2D eigenvalue weighted by atomic mass is 10.0. The summed E-state index contributed by atoms with van der Waals surface area (Å²) in [6.07, 6.45) is 0.785. The number of hydrogen-bond donors (Lipinski definition) is 3. The summed E-state index contributed by atoms with van der Waals surface area (Å²) in [7, 11) is 1.39. The Kier molecular flexibility index (Phi) is 7.80. The molecule has 3 N–H and O–H groups in total. The minimum atomic E-state index is -0.914. The van der Waals surface area contributed by atoms with E-state index in [9.17, 15) is 14.0 Å². The Balaban J connectivity index is 1.99. The molecule has 2 unspecified atom stereocenters. The van der Waals surface area contributed by atoms with Crippen LogP contribution in [0.25, 0.3) is 0 Å². The number of carboxylic acids is 1. The smallest absolute Gasteiger partial charge is 0.315 e. The highest BCUT2D eigenvalue weighted by Gasteiger charge is 2.17. The Bertz CT molecular complexity index is 798. The predicted molar refractivity (Wildman–Crippen MR) is 104 cm³/mol. The van der Waals surface area contributed by atoms with Crippen molar-refractivity contribution in [1.29, 1.82) is 0 Å². The third-order valence-electron chi connectivity index (χ3n) is 4.39. The molecule has 0 bridgehead atoms. The molecular formula is C21H25FN2O4. The van der Waals surface area contributed by atoms with E-state index in [1.165, 1.54) is 19.2 Å². The zero-order chi connectivity index (χ0) is 20.5. The van der Waals surface area contributed by atoms with Gasteiger partial charge in [-0.3, -0.25) is 4.79 Å². The number of carboxylic acid groups (broad SMARTS) is 1. The standard InChI is InChI=1S/C21H25FN2O4/c1-14(16-8-10-19(28-2)18(22)13-16)23-21(27)24-17(9-11-20(25)26)12-15-6-4-3-5-7-15/h3-8,10,13-14,17H,9,11-12H2,1-2H3,(H,25,26)(H2,23,24,27). The van der Waals surface area contributed by atoms with Crippen molar-refractivity contribution >= 4 is 12.0 Å². The Hall–Kier alpha value is -3.09. The number of methoxy groups -OCH3 is 1. The maximum atomic E-state index is 13.9. The monoisotopic (exact) mass is 388 g/mol. The van der Waals surface area contributed by atoms with Crippen molar-refractivity contribution in [3.63, 3.8) is 0 Å². The Labute approximate surface area is 163 Å². The molecule has 2 amide bonds. The number of urea groups is 1. The number of halogens is 1. The second-order valence-electron chi connectivity index (χ2n) is 6.55. The fraction of sp³-hybridized carbons (Fsp3) is 0.333. The van der Waals surface area contributed by atoms with Crippen molar-refractivity contribution in [2.45, 2.75) is 38.3 Å². The van der Waals surface area contributed by atoms with Crippen LogP contribution in [0.3, 0.4) is 0 Å². The lowest BCUT2D eigenvalue weighted by Crippen LogP contribution is -2.44. The van der Waals surface area contributed by atoms with Crippen molar-refractivity contribution in [2.75, 3.05) is 7.11 Å². The zero-order valence-corrected chi connectivity index (χ0v) is 15.9. The second kappa shape index (κ2) is 10.3. The molecule has 2 rings (SSSR count). The molecule has 0 saturated carbocycles. The number of hydrogen-bond acceptors (Lipinski definition) is 3. The van der Waals surface area contributed by atoms with Gasteiger partial charge in [-0.25, -0.2) is 9.18 Å². The second-order valence-corrected chi connectivity index (χ2v) is 6.55. The average molecular weight is 388 g/mol. The Morgan fingerprint density at radius 1 is 1.14 bits per heavy atom. The molecule has 28 heavy (non-hydrogen) atoms. The highest BCUT2D eigenvalue weighted by atomic mass is 19.1. The molecule has 0 aliphatic rings. The van der Waals surface area contributed by atoms with Crippen molar-refractivity contribution in [1.82, 2.24) is 10.6 Å². The molecule has 0 aliphatic heterocycles. The van der Waals surface area contributed by atoms with Gasteiger partial charge in [-0.2, -0.15) is 0 Å². The van der Waals surface area contributed by atoms with E-state index in [2.05, 4.69) is 10.6 Å². The van der Waals surface area contributed by atoms with E-state index in [1.807, 2.05) is 30.3 Å². The van der Waals surface area contributed by atoms with E-state index in [0.29, 0.717) is 18.4 Å². The van der Waals surface area contributed by atoms with Crippen LogP contribution < -0.4 is 15.4 Å². The van der Waals surface area contributed by atoms with Gasteiger partial charge in [0.25, 0.3) is 0 Å². The fourth-order valence-corrected chi connectivity index (χ4v) is 2.88. The van der Waals surface area contributed by atoms with Crippen molar-refractivity contribution in [3.8, 4) is 5.75 Å². The summed E-state index contributed by atoms with van der Waals surface area (Å²) in [5.41, 5.74) is 1.60. The molecule has 0 spiro atoms. The van der Waals surface area contributed by atoms with Gasteiger partial charge in [0.15, 0.2) is 11.6 Å². The molecule has 2 aromatic rings. The zero-order valence-electron chi connectivity index (χ0n) is 15.9. The van der Waals surface area contributed by atoms with Crippen LogP contribution in [0.2, 0.25) is 0 Å². The highest BCUT2D eigenvalue weighted by molar-refractivity contribution is 5.75. The van der Waals surface area contributed by atoms with E-state index in [-0.39, 0.29) is 18.2 Å². The molecule has 150 valence electrons. The normalized spacial score (nSPS) is 12.7. The summed E-state index contributed by atoms with van der Waals surface area (Å²) in [5.74, 6) is -1.28. The largest absolute Gasteiger partial charge is 0.494 e. The Morgan fingerprint density at radius 2 is 1.86 bits per heavy atom. The van der Waals surface area contributed by atoms with Crippen LogP contribution in [0.15, 0.2) is 48.5 Å². The van der Waals surface area contributed by atoms with Crippen LogP contribution in [0, 0.1) is 5.82 Å². The number of amides is 2. The van der Waals surface area contributed by atoms with Crippen molar-refractivity contribution in [3.05, 3.63) is 65.5 Å². The number of carbonyl (C=O) groups excluding carboxylic acids is 1. The third kappa shape index (κ3) is 6.57. The lowest BCUT2D eigenvalue weighted by molar-refractivity contribution is -0.137. The minimum Gasteiger partial charge on any atom is -0.494 e. The quantitative estimate of drug-likeness (QED) is 0.612. The molecule has 0 saturated heterocycles. The van der Waals surface area contributed by atoms with Crippen LogP contribution in [0.5, 0.6) is 5.75 Å². The average Bonchev–Trinajstić information content (AvgIpc) is 2.66. The van der Waals surface area contributed by atoms with Crippen LogP contribution in [-0.4, -0.2) is 30.3 Å². The van der Waals surface area contributed by atoms with Crippen LogP contribution in [0.4, 0.5) is 9.18 Å². The van der Waals surface area contributed by atoms with Gasteiger partial charge in [-0.1, -0.05) is 36.4 Å². The first-order valence-electron chi connectivity index (χ1n) is 9.05. The van der Waals surface area contributed by atoms with Gasteiger partial charge in [0.1, 0.15) is 0 Å². The maximum Gasteiger partial charge on any atom is 0.315 e. The van der Waals surface area contributed by atoms with Crippen LogP contribution in [-0.2, 0) is 11.2 Å². The van der Waals surface area contributed by atoms with Gasteiger partial charge in [0.2, 0.25) is 0 Å². The van der Waals surface area contributed by atoms with E-state index in [1.54, 1.807) is 13.0 Å². The first-order chi connectivity index (χ1) is 13.4. The summed E-state index contributed by atoms with van der Waals surface area (Å²) in [5, 5.41) is 14.5. The van der Waals surface area contributed by atoms with Gasteiger partial charge in [0, 0.05) is 12.5 Å². The minimum absolute atomic E-state index is 0.0446. The van der Waals surface area contributed by atoms with Gasteiger partial charge in [0.05, 0.1) is 13.2 Å². The molecular weight excluding hydrogens is 363 g/mol. The molecule has 0 heterocycles. The van der Waals surface area contributed by atoms with Crippen LogP contribution in [0.1, 0.15) is 36.9 Å². The molecule has 0 radical (unpaired) electrons. The van der Waals surface area contributed by atoms with Gasteiger partial charge < -0.3 is 20.5 Å². The SMILES string of the molecule is COc1ccc(C(C)NC(=O)NC(CCC(=O)O)Cc2ccccc2)cc1F. The lowest BCUT2D eigenvalue weighted by Gasteiger charge is -2.21. The van der Waals surface area contributed by atoms with Gasteiger partial charge in [-0.05, 0) is 43.0 Å². The number of ether oxygens (including phenoxy) is 1. The number of benzene rings is 2. The molecule has 7 heteroatoms. The van der Waals surface area contributed by atoms with Crippen molar-refractivity contribution in [2.24, 2.45) is 0 Å². The fourth-order valence-electron chi connectivity index (χ4n) is 2.88. The number of nitrogens with one attached hydrogen (secondary N) is 2. The summed E-state index contributed by atoms with van der Waals surface area (Å²) in [6.45, 7) is 1.74. The number of rotatable bonds is 9. The molecule has 2 atom stereocenters.